The number of ether oxygens (including phenoxy) is 3. The minimum atomic E-state index is -0.642. The predicted molar refractivity (Wildman–Crippen MR) is 136 cm³/mol. The molecular weight excluding hydrogens is 461 g/mol. The fourth-order valence-electron chi connectivity index (χ4n) is 4.51. The van der Waals surface area contributed by atoms with Crippen molar-refractivity contribution in [3.63, 3.8) is 0 Å². The number of aromatic nitrogens is 2. The Balaban J connectivity index is 1.70. The molecule has 7 nitrogen and oxygen atoms in total. The first kappa shape index (κ1) is 26.3. The van der Waals surface area contributed by atoms with Crippen molar-refractivity contribution in [2.24, 2.45) is 0 Å². The Kier molecular flexibility index (Phi) is 9.47. The van der Waals surface area contributed by atoms with Crippen molar-refractivity contribution in [1.82, 2.24) is 14.7 Å². The molecule has 0 unspecified atom stereocenters. The van der Waals surface area contributed by atoms with Crippen LogP contribution in [0.5, 0.6) is 11.6 Å². The van der Waals surface area contributed by atoms with Crippen molar-refractivity contribution in [2.45, 2.75) is 51.9 Å². The Labute approximate surface area is 212 Å². The average molecular weight is 498 g/mol. The van der Waals surface area contributed by atoms with Gasteiger partial charge in [0.1, 0.15) is 0 Å². The first-order valence-corrected chi connectivity index (χ1v) is 12.8. The van der Waals surface area contributed by atoms with Crippen molar-refractivity contribution >= 4 is 0 Å². The summed E-state index contributed by atoms with van der Waals surface area (Å²) >= 11 is 0. The van der Waals surface area contributed by atoms with Crippen LogP contribution in [0.25, 0.3) is 5.69 Å². The van der Waals surface area contributed by atoms with E-state index >= 15 is 0 Å². The van der Waals surface area contributed by atoms with Gasteiger partial charge in [-0.3, -0.25) is 4.90 Å². The van der Waals surface area contributed by atoms with Gasteiger partial charge in [-0.25, -0.2) is 9.07 Å². The van der Waals surface area contributed by atoms with Crippen LogP contribution in [0.2, 0.25) is 0 Å². The third-order valence-corrected chi connectivity index (χ3v) is 6.25. The predicted octanol–water partition coefficient (Wildman–Crippen LogP) is 4.74. The molecule has 1 saturated heterocycles. The lowest BCUT2D eigenvalue weighted by Crippen LogP contribution is -2.39. The molecule has 194 valence electrons. The molecule has 8 heteroatoms. The second-order valence-electron chi connectivity index (χ2n) is 9.01. The monoisotopic (exact) mass is 497 g/mol. The van der Waals surface area contributed by atoms with Gasteiger partial charge in [0, 0.05) is 32.8 Å². The summed E-state index contributed by atoms with van der Waals surface area (Å²) in [5.41, 5.74) is 2.56. The Morgan fingerprint density at radius 2 is 1.94 bits per heavy atom. The summed E-state index contributed by atoms with van der Waals surface area (Å²) in [7, 11) is 0. The van der Waals surface area contributed by atoms with E-state index in [1.807, 2.05) is 44.2 Å². The standard InChI is InChI=1S/C28H36FN3O4/c1-3-26-24(19-31(17-22(33)20-34-4-2)18-23-13-10-16-35-23)28(36-27-15-9-8-14-25(27)29)32(30-26)21-11-6-5-7-12-21/h5-9,11-12,14-15,22-23,33H,3-4,10,13,16-20H2,1-2H3/t22-,23-/m0/s1. The lowest BCUT2D eigenvalue weighted by Gasteiger charge is -2.27. The number of hydrogen-bond acceptors (Lipinski definition) is 6. The van der Waals surface area contributed by atoms with Gasteiger partial charge in [-0.2, -0.15) is 5.10 Å². The zero-order valence-electron chi connectivity index (χ0n) is 21.1. The average Bonchev–Trinajstić information content (AvgIpc) is 3.52. The molecule has 2 heterocycles. The topological polar surface area (TPSA) is 69.0 Å². The highest BCUT2D eigenvalue weighted by atomic mass is 19.1. The minimum absolute atomic E-state index is 0.106. The third kappa shape index (κ3) is 6.70. The Morgan fingerprint density at radius 3 is 2.64 bits per heavy atom. The molecule has 3 aromatic rings. The fourth-order valence-corrected chi connectivity index (χ4v) is 4.51. The van der Waals surface area contributed by atoms with Crippen molar-refractivity contribution < 1.29 is 23.7 Å². The number of para-hydroxylation sites is 2. The van der Waals surface area contributed by atoms with Crippen LogP contribution in [0.4, 0.5) is 4.39 Å². The van der Waals surface area contributed by atoms with Crippen LogP contribution in [-0.4, -0.2) is 64.9 Å². The number of rotatable bonds is 13. The Bertz CT molecular complexity index is 1090. The van der Waals surface area contributed by atoms with E-state index in [0.717, 1.165) is 36.4 Å². The molecule has 0 spiro atoms. The largest absolute Gasteiger partial charge is 0.435 e. The number of aliphatic hydroxyl groups is 1. The summed E-state index contributed by atoms with van der Waals surface area (Å²) in [6, 6.07) is 16.1. The summed E-state index contributed by atoms with van der Waals surface area (Å²) in [5.74, 6) is 0.172. The molecule has 0 radical (unpaired) electrons. The quantitative estimate of drug-likeness (QED) is 0.368. The van der Waals surface area contributed by atoms with Crippen LogP contribution in [-0.2, 0) is 22.4 Å². The lowest BCUT2D eigenvalue weighted by atomic mass is 10.1. The van der Waals surface area contributed by atoms with Crippen molar-refractivity contribution in [2.75, 3.05) is 32.9 Å². The molecule has 36 heavy (non-hydrogen) atoms. The first-order chi connectivity index (χ1) is 17.6. The maximum atomic E-state index is 14.6. The number of aryl methyl sites for hydroxylation is 1. The molecule has 1 N–H and O–H groups in total. The van der Waals surface area contributed by atoms with Crippen LogP contribution in [0, 0.1) is 5.82 Å². The molecule has 2 atom stereocenters. The van der Waals surface area contributed by atoms with Crippen LogP contribution >= 0.6 is 0 Å². The smallest absolute Gasteiger partial charge is 0.227 e. The highest BCUT2D eigenvalue weighted by Gasteiger charge is 2.27. The molecule has 1 fully saturated rings. The van der Waals surface area contributed by atoms with E-state index in [4.69, 9.17) is 19.3 Å². The summed E-state index contributed by atoms with van der Waals surface area (Å²) in [6.07, 6.45) is 2.16. The van der Waals surface area contributed by atoms with E-state index < -0.39 is 11.9 Å². The lowest BCUT2D eigenvalue weighted by molar-refractivity contribution is 0.00496. The summed E-state index contributed by atoms with van der Waals surface area (Å²) < 4.78 is 33.9. The molecule has 2 aromatic carbocycles. The van der Waals surface area contributed by atoms with Crippen LogP contribution in [0.15, 0.2) is 54.6 Å². The molecule has 1 aromatic heterocycles. The maximum absolute atomic E-state index is 14.6. The second kappa shape index (κ2) is 13.0. The minimum Gasteiger partial charge on any atom is -0.435 e. The van der Waals surface area contributed by atoms with Crippen molar-refractivity contribution in [1.29, 1.82) is 0 Å². The van der Waals surface area contributed by atoms with E-state index in [9.17, 15) is 9.50 Å². The number of hydrogen-bond donors (Lipinski definition) is 1. The van der Waals surface area contributed by atoms with E-state index in [0.29, 0.717) is 38.5 Å². The number of nitrogens with zero attached hydrogens (tertiary/aromatic N) is 3. The van der Waals surface area contributed by atoms with Gasteiger partial charge < -0.3 is 19.3 Å². The van der Waals surface area contributed by atoms with Crippen molar-refractivity contribution in [3.8, 4) is 17.3 Å². The highest BCUT2D eigenvalue weighted by molar-refractivity contribution is 5.44. The molecule has 0 saturated carbocycles. The van der Waals surface area contributed by atoms with Crippen LogP contribution in [0.1, 0.15) is 37.9 Å². The van der Waals surface area contributed by atoms with Gasteiger partial charge in [0.2, 0.25) is 5.88 Å². The fraction of sp³-hybridized carbons (Fsp3) is 0.464. The number of benzene rings is 2. The molecule has 0 bridgehead atoms. The third-order valence-electron chi connectivity index (χ3n) is 6.25. The molecule has 0 amide bonds. The Hall–Kier alpha value is -2.78. The SMILES string of the molecule is CCOC[C@@H](O)CN(Cc1c(CC)nn(-c2ccccc2)c1Oc1ccccc1F)C[C@@H]1CCCO1. The molecule has 1 aliphatic rings. The van der Waals surface area contributed by atoms with Gasteiger partial charge in [-0.1, -0.05) is 37.3 Å². The van der Waals surface area contributed by atoms with Gasteiger partial charge in [0.05, 0.1) is 35.8 Å². The molecule has 1 aliphatic heterocycles. The van der Waals surface area contributed by atoms with E-state index in [2.05, 4.69) is 4.90 Å². The van der Waals surface area contributed by atoms with Crippen LogP contribution in [0.3, 0.4) is 0 Å². The highest BCUT2D eigenvalue weighted by Crippen LogP contribution is 2.33. The summed E-state index contributed by atoms with van der Waals surface area (Å²) in [6.45, 7) is 7.09. The van der Waals surface area contributed by atoms with Gasteiger partial charge >= 0.3 is 0 Å². The number of halogens is 1. The Morgan fingerprint density at radius 1 is 1.17 bits per heavy atom. The first-order valence-electron chi connectivity index (χ1n) is 12.8. The molecule has 4 rings (SSSR count). The van der Waals surface area contributed by atoms with Gasteiger partial charge in [-0.05, 0) is 50.5 Å². The normalized spacial score (nSPS) is 16.5. The van der Waals surface area contributed by atoms with E-state index in [1.165, 1.54) is 6.07 Å². The zero-order chi connectivity index (χ0) is 25.3. The number of aliphatic hydroxyl groups excluding tert-OH is 1. The second-order valence-corrected chi connectivity index (χ2v) is 9.01. The molecular formula is C28H36FN3O4. The van der Waals surface area contributed by atoms with Gasteiger partial charge in [-0.15, -0.1) is 0 Å². The van der Waals surface area contributed by atoms with Crippen LogP contribution < -0.4 is 4.74 Å². The zero-order valence-corrected chi connectivity index (χ0v) is 21.1. The maximum Gasteiger partial charge on any atom is 0.227 e. The summed E-state index contributed by atoms with van der Waals surface area (Å²) in [5, 5.41) is 15.5. The van der Waals surface area contributed by atoms with Gasteiger partial charge in [0.25, 0.3) is 0 Å². The van der Waals surface area contributed by atoms with Crippen molar-refractivity contribution in [3.05, 3.63) is 71.7 Å². The molecule has 0 aliphatic carbocycles. The summed E-state index contributed by atoms with van der Waals surface area (Å²) in [4.78, 5) is 2.17. The van der Waals surface area contributed by atoms with E-state index in [1.54, 1.807) is 22.9 Å². The van der Waals surface area contributed by atoms with Gasteiger partial charge in [0.15, 0.2) is 11.6 Å². The van der Waals surface area contributed by atoms with E-state index in [-0.39, 0.29) is 18.5 Å².